The van der Waals surface area contributed by atoms with Crippen LogP contribution in [0.2, 0.25) is 0 Å². The fraction of sp³-hybridized carbons (Fsp3) is 0.467. The van der Waals surface area contributed by atoms with Gasteiger partial charge in [0.1, 0.15) is 5.82 Å². The van der Waals surface area contributed by atoms with Gasteiger partial charge in [0.2, 0.25) is 5.91 Å². The molecule has 1 heterocycles. The normalized spacial score (nSPS) is 24.8. The molecule has 106 valence electrons. The molecule has 1 aliphatic carbocycles. The molecule has 1 N–H and O–H groups in total. The lowest BCUT2D eigenvalue weighted by Gasteiger charge is -2.23. The predicted molar refractivity (Wildman–Crippen MR) is 70.9 cm³/mol. The first kappa shape index (κ1) is 13.1. The van der Waals surface area contributed by atoms with Gasteiger partial charge in [-0.15, -0.1) is 0 Å². The lowest BCUT2D eigenvalue weighted by molar-refractivity contribution is -0.145. The number of halogens is 1. The maximum atomic E-state index is 13.3. The number of fused-ring (bicyclic) bond motifs is 1. The number of hydrogen-bond acceptors (Lipinski definition) is 2. The summed E-state index contributed by atoms with van der Waals surface area (Å²) < 4.78 is 13.3. The van der Waals surface area contributed by atoms with Gasteiger partial charge in [0.25, 0.3) is 0 Å². The van der Waals surface area contributed by atoms with E-state index >= 15 is 0 Å². The molecule has 1 aromatic rings. The molecule has 1 aliphatic heterocycles. The van der Waals surface area contributed by atoms with Crippen molar-refractivity contribution < 1.29 is 19.1 Å². The lowest BCUT2D eigenvalue weighted by Crippen LogP contribution is -2.38. The van der Waals surface area contributed by atoms with Crippen molar-refractivity contribution in [3.05, 3.63) is 29.6 Å². The molecule has 1 aromatic carbocycles. The van der Waals surface area contributed by atoms with Crippen molar-refractivity contribution >= 4 is 17.6 Å². The minimum atomic E-state index is -0.903. The Hall–Kier alpha value is -1.91. The van der Waals surface area contributed by atoms with Gasteiger partial charge in [-0.2, -0.15) is 0 Å². The highest BCUT2D eigenvalue weighted by atomic mass is 19.1. The van der Waals surface area contributed by atoms with E-state index in [-0.39, 0.29) is 11.7 Å². The van der Waals surface area contributed by atoms with E-state index in [1.54, 1.807) is 11.0 Å². The Morgan fingerprint density at radius 2 is 2.00 bits per heavy atom. The Labute approximate surface area is 116 Å². The summed E-state index contributed by atoms with van der Waals surface area (Å²) in [6.45, 7) is 0.514. The number of carbonyl (C=O) groups is 2. The third kappa shape index (κ3) is 2.07. The second-order valence-corrected chi connectivity index (χ2v) is 5.50. The largest absolute Gasteiger partial charge is 0.481 e. The van der Waals surface area contributed by atoms with E-state index in [1.165, 1.54) is 12.1 Å². The summed E-state index contributed by atoms with van der Waals surface area (Å²) in [6, 6.07) is 4.45. The van der Waals surface area contributed by atoms with E-state index in [4.69, 9.17) is 0 Å². The summed E-state index contributed by atoms with van der Waals surface area (Å²) in [5, 5.41) is 9.18. The van der Waals surface area contributed by atoms with Gasteiger partial charge < -0.3 is 10.0 Å². The zero-order valence-electron chi connectivity index (χ0n) is 11.0. The van der Waals surface area contributed by atoms with Crippen LogP contribution in [0.1, 0.15) is 24.8 Å². The molecule has 3 rings (SSSR count). The number of hydrogen-bond donors (Lipinski definition) is 1. The molecule has 1 saturated carbocycles. The summed E-state index contributed by atoms with van der Waals surface area (Å²) in [5.41, 5.74) is 1.55. The van der Waals surface area contributed by atoms with Crippen LogP contribution in [-0.2, 0) is 16.0 Å². The van der Waals surface area contributed by atoms with E-state index in [2.05, 4.69) is 0 Å². The number of anilines is 1. The van der Waals surface area contributed by atoms with Gasteiger partial charge in [0.15, 0.2) is 0 Å². The average molecular weight is 277 g/mol. The van der Waals surface area contributed by atoms with Crippen LogP contribution in [0.25, 0.3) is 0 Å². The van der Waals surface area contributed by atoms with Crippen LogP contribution in [0.3, 0.4) is 0 Å². The Kier molecular flexibility index (Phi) is 3.20. The number of benzene rings is 1. The third-order valence-electron chi connectivity index (χ3n) is 4.36. The van der Waals surface area contributed by atoms with E-state index in [0.717, 1.165) is 12.0 Å². The van der Waals surface area contributed by atoms with Gasteiger partial charge in [-0.3, -0.25) is 9.59 Å². The smallest absolute Gasteiger partial charge is 0.307 e. The second-order valence-electron chi connectivity index (χ2n) is 5.50. The monoisotopic (exact) mass is 277 g/mol. The van der Waals surface area contributed by atoms with Gasteiger partial charge in [-0.1, -0.05) is 12.5 Å². The molecular weight excluding hydrogens is 261 g/mol. The number of carboxylic acid groups (broad SMARTS) is 1. The van der Waals surface area contributed by atoms with Gasteiger partial charge in [-0.05, 0) is 37.0 Å². The first-order valence-electron chi connectivity index (χ1n) is 6.90. The van der Waals surface area contributed by atoms with E-state index < -0.39 is 17.8 Å². The van der Waals surface area contributed by atoms with Crippen molar-refractivity contribution in [1.29, 1.82) is 0 Å². The highest BCUT2D eigenvalue weighted by Gasteiger charge is 2.41. The first-order chi connectivity index (χ1) is 9.58. The Bertz CT molecular complexity index is 572. The zero-order chi connectivity index (χ0) is 14.3. The molecule has 5 heteroatoms. The Morgan fingerprint density at radius 3 is 2.75 bits per heavy atom. The summed E-state index contributed by atoms with van der Waals surface area (Å²) in [6.07, 6.45) is 2.62. The molecule has 2 aliphatic rings. The number of rotatable bonds is 2. The molecule has 0 radical (unpaired) electrons. The number of carboxylic acids is 1. The standard InChI is InChI=1S/C15H16FNO3/c16-10-5-4-9-6-7-17(13(9)8-10)14(18)11-2-1-3-12(11)15(19)20/h4-5,8,11-12H,1-3,6-7H2,(H,19,20). The molecule has 1 amide bonds. The maximum Gasteiger partial charge on any atom is 0.307 e. The number of nitrogens with zero attached hydrogens (tertiary/aromatic N) is 1. The third-order valence-corrected chi connectivity index (χ3v) is 4.36. The molecule has 20 heavy (non-hydrogen) atoms. The quantitative estimate of drug-likeness (QED) is 0.901. The van der Waals surface area contributed by atoms with Crippen molar-refractivity contribution in [3.63, 3.8) is 0 Å². The summed E-state index contributed by atoms with van der Waals surface area (Å²) in [7, 11) is 0. The second kappa shape index (κ2) is 4.89. The van der Waals surface area contributed by atoms with Crippen LogP contribution in [0.5, 0.6) is 0 Å². The minimum Gasteiger partial charge on any atom is -0.481 e. The van der Waals surface area contributed by atoms with Gasteiger partial charge in [0, 0.05) is 12.2 Å². The fourth-order valence-electron chi connectivity index (χ4n) is 3.33. The van der Waals surface area contributed by atoms with E-state index in [0.29, 0.717) is 31.5 Å². The number of aliphatic carboxylic acids is 1. The van der Waals surface area contributed by atoms with Crippen molar-refractivity contribution in [2.45, 2.75) is 25.7 Å². The molecule has 0 saturated heterocycles. The fourth-order valence-corrected chi connectivity index (χ4v) is 3.33. The van der Waals surface area contributed by atoms with Crippen molar-refractivity contribution in [3.8, 4) is 0 Å². The molecule has 0 bridgehead atoms. The van der Waals surface area contributed by atoms with Crippen LogP contribution >= 0.6 is 0 Å². The lowest BCUT2D eigenvalue weighted by atomic mass is 9.94. The van der Waals surface area contributed by atoms with Crippen LogP contribution in [0.15, 0.2) is 18.2 Å². The molecule has 2 unspecified atom stereocenters. The Morgan fingerprint density at radius 1 is 1.25 bits per heavy atom. The molecule has 2 atom stereocenters. The number of carbonyl (C=O) groups excluding carboxylic acids is 1. The van der Waals surface area contributed by atoms with Gasteiger partial charge >= 0.3 is 5.97 Å². The molecular formula is C15H16FNO3. The van der Waals surface area contributed by atoms with E-state index in [9.17, 15) is 19.1 Å². The molecule has 0 spiro atoms. The molecule has 4 nitrogen and oxygen atoms in total. The minimum absolute atomic E-state index is 0.167. The van der Waals surface area contributed by atoms with Crippen LogP contribution in [-0.4, -0.2) is 23.5 Å². The van der Waals surface area contributed by atoms with Gasteiger partial charge in [0.05, 0.1) is 11.8 Å². The Balaban J connectivity index is 1.86. The summed E-state index contributed by atoms with van der Waals surface area (Å²) in [4.78, 5) is 25.3. The van der Waals surface area contributed by atoms with E-state index in [1.807, 2.05) is 0 Å². The molecule has 0 aromatic heterocycles. The topological polar surface area (TPSA) is 57.6 Å². The van der Waals surface area contributed by atoms with Crippen LogP contribution in [0, 0.1) is 17.7 Å². The zero-order valence-corrected chi connectivity index (χ0v) is 11.0. The molecule has 1 fully saturated rings. The number of amides is 1. The van der Waals surface area contributed by atoms with Crippen molar-refractivity contribution in [1.82, 2.24) is 0 Å². The van der Waals surface area contributed by atoms with Crippen molar-refractivity contribution in [2.75, 3.05) is 11.4 Å². The SMILES string of the molecule is O=C(O)C1CCCC1C(=O)N1CCc2ccc(F)cc21. The predicted octanol–water partition coefficient (Wildman–Crippen LogP) is 2.22. The van der Waals surface area contributed by atoms with Crippen LogP contribution in [0.4, 0.5) is 10.1 Å². The van der Waals surface area contributed by atoms with Crippen molar-refractivity contribution in [2.24, 2.45) is 11.8 Å². The highest BCUT2D eigenvalue weighted by Crippen LogP contribution is 2.37. The van der Waals surface area contributed by atoms with Gasteiger partial charge in [-0.25, -0.2) is 4.39 Å². The summed E-state index contributed by atoms with van der Waals surface area (Å²) >= 11 is 0. The van der Waals surface area contributed by atoms with Crippen LogP contribution < -0.4 is 4.90 Å². The highest BCUT2D eigenvalue weighted by molar-refractivity contribution is 5.99. The summed E-state index contributed by atoms with van der Waals surface area (Å²) in [5.74, 6) is -2.51. The first-order valence-corrected chi connectivity index (χ1v) is 6.90. The maximum absolute atomic E-state index is 13.3. The average Bonchev–Trinajstić information content (AvgIpc) is 3.04.